The lowest BCUT2D eigenvalue weighted by atomic mass is 10.1. The maximum Gasteiger partial charge on any atom is 0.231 e. The summed E-state index contributed by atoms with van der Waals surface area (Å²) in [5.74, 6) is -0.0173. The lowest BCUT2D eigenvalue weighted by molar-refractivity contribution is -0.137. The summed E-state index contributed by atoms with van der Waals surface area (Å²) in [5.41, 5.74) is 8.38. The molecule has 0 radical (unpaired) electrons. The molecule has 5 nitrogen and oxygen atoms in total. The molecule has 1 amide bonds. The summed E-state index contributed by atoms with van der Waals surface area (Å²) in [7, 11) is 0. The van der Waals surface area contributed by atoms with Crippen LogP contribution < -0.4 is 11.1 Å². The first-order chi connectivity index (χ1) is 10.2. The quantitative estimate of drug-likeness (QED) is 0.775. The third kappa shape index (κ3) is 3.15. The van der Waals surface area contributed by atoms with Crippen LogP contribution in [0.4, 0.5) is 0 Å². The average molecular weight is 285 g/mol. The van der Waals surface area contributed by atoms with E-state index in [2.05, 4.69) is 16.4 Å². The SMILES string of the molecule is N[C@@H](/C=C/NC(=O)C1COC1)Cc1c[nH]c2ccccc12. The Morgan fingerprint density at radius 2 is 2.29 bits per heavy atom. The fourth-order valence-electron chi connectivity index (χ4n) is 2.38. The Morgan fingerprint density at radius 3 is 3.05 bits per heavy atom. The molecule has 1 saturated heterocycles. The Kier molecular flexibility index (Phi) is 4.03. The minimum Gasteiger partial charge on any atom is -0.380 e. The lowest BCUT2D eigenvalue weighted by Crippen LogP contribution is -2.40. The number of H-pyrrole nitrogens is 1. The van der Waals surface area contributed by atoms with Crippen LogP contribution in [0.15, 0.2) is 42.7 Å². The Balaban J connectivity index is 1.56. The fourth-order valence-corrected chi connectivity index (χ4v) is 2.38. The molecule has 1 atom stereocenters. The van der Waals surface area contributed by atoms with Gasteiger partial charge in [0.15, 0.2) is 0 Å². The van der Waals surface area contributed by atoms with E-state index in [9.17, 15) is 4.79 Å². The van der Waals surface area contributed by atoms with E-state index in [0.717, 1.165) is 11.9 Å². The van der Waals surface area contributed by atoms with Crippen molar-refractivity contribution in [2.75, 3.05) is 13.2 Å². The third-order valence-corrected chi connectivity index (χ3v) is 3.71. The fraction of sp³-hybridized carbons (Fsp3) is 0.312. The molecule has 1 fully saturated rings. The van der Waals surface area contributed by atoms with Gasteiger partial charge in [0.05, 0.1) is 19.1 Å². The number of para-hydroxylation sites is 1. The van der Waals surface area contributed by atoms with E-state index < -0.39 is 0 Å². The molecule has 0 spiro atoms. The third-order valence-electron chi connectivity index (χ3n) is 3.71. The van der Waals surface area contributed by atoms with Crippen molar-refractivity contribution in [1.82, 2.24) is 10.3 Å². The van der Waals surface area contributed by atoms with Gasteiger partial charge in [0.2, 0.25) is 5.91 Å². The summed E-state index contributed by atoms with van der Waals surface area (Å²) in [6.45, 7) is 1.03. The van der Waals surface area contributed by atoms with E-state index in [-0.39, 0.29) is 17.9 Å². The molecule has 110 valence electrons. The average Bonchev–Trinajstić information content (AvgIpc) is 2.80. The van der Waals surface area contributed by atoms with Crippen LogP contribution in [0.25, 0.3) is 10.9 Å². The van der Waals surface area contributed by atoms with Gasteiger partial charge in [-0.05, 0) is 18.1 Å². The van der Waals surface area contributed by atoms with Gasteiger partial charge in [-0.1, -0.05) is 24.3 Å². The molecule has 0 bridgehead atoms. The number of fused-ring (bicyclic) bond motifs is 1. The van der Waals surface area contributed by atoms with Gasteiger partial charge >= 0.3 is 0 Å². The van der Waals surface area contributed by atoms with Crippen LogP contribution in [-0.4, -0.2) is 30.1 Å². The number of carbonyl (C=O) groups excluding carboxylic acids is 1. The molecule has 3 rings (SSSR count). The largest absolute Gasteiger partial charge is 0.380 e. The number of nitrogens with one attached hydrogen (secondary N) is 2. The number of aromatic amines is 1. The Bertz CT molecular complexity index is 658. The van der Waals surface area contributed by atoms with Crippen LogP contribution in [0, 0.1) is 5.92 Å². The summed E-state index contributed by atoms with van der Waals surface area (Å²) in [4.78, 5) is 14.8. The van der Waals surface area contributed by atoms with Crippen molar-refractivity contribution >= 4 is 16.8 Å². The van der Waals surface area contributed by atoms with Crippen LogP contribution in [-0.2, 0) is 16.0 Å². The maximum absolute atomic E-state index is 11.6. The van der Waals surface area contributed by atoms with Crippen molar-refractivity contribution in [2.24, 2.45) is 11.7 Å². The Morgan fingerprint density at radius 1 is 1.48 bits per heavy atom. The van der Waals surface area contributed by atoms with Crippen LogP contribution in [0.3, 0.4) is 0 Å². The molecule has 1 aliphatic heterocycles. The zero-order valence-electron chi connectivity index (χ0n) is 11.7. The second-order valence-corrected chi connectivity index (χ2v) is 5.33. The molecule has 4 N–H and O–H groups in total. The lowest BCUT2D eigenvalue weighted by Gasteiger charge is -2.23. The molecule has 21 heavy (non-hydrogen) atoms. The highest BCUT2D eigenvalue weighted by Crippen LogP contribution is 2.18. The summed E-state index contributed by atoms with van der Waals surface area (Å²) in [5, 5.41) is 3.94. The molecule has 0 unspecified atom stereocenters. The van der Waals surface area contributed by atoms with Crippen molar-refractivity contribution < 1.29 is 9.53 Å². The smallest absolute Gasteiger partial charge is 0.231 e. The molecule has 2 heterocycles. The van der Waals surface area contributed by atoms with Gasteiger partial charge in [-0.15, -0.1) is 0 Å². The van der Waals surface area contributed by atoms with Gasteiger partial charge in [-0.25, -0.2) is 0 Å². The number of rotatable bonds is 5. The van der Waals surface area contributed by atoms with Crippen LogP contribution >= 0.6 is 0 Å². The van der Waals surface area contributed by atoms with Gasteiger partial charge in [-0.3, -0.25) is 4.79 Å². The summed E-state index contributed by atoms with van der Waals surface area (Å²) in [6.07, 6.45) is 6.17. The van der Waals surface area contributed by atoms with Crippen LogP contribution in [0.2, 0.25) is 0 Å². The standard InChI is InChI=1S/C16H19N3O2/c17-13(5-6-18-16(20)12-9-21-10-12)7-11-8-19-15-4-2-1-3-14(11)15/h1-6,8,12-13,19H,7,9-10,17H2,(H,18,20)/b6-5+/t13-/m0/s1. The molecular weight excluding hydrogens is 266 g/mol. The minimum absolute atomic E-state index is 0.00297. The number of ether oxygens (including phenoxy) is 1. The van der Waals surface area contributed by atoms with Crippen LogP contribution in [0.1, 0.15) is 5.56 Å². The van der Waals surface area contributed by atoms with Gasteiger partial charge in [0, 0.05) is 29.3 Å². The number of benzene rings is 1. The first-order valence-corrected chi connectivity index (χ1v) is 7.09. The zero-order chi connectivity index (χ0) is 14.7. The number of nitrogens with two attached hydrogens (primary N) is 1. The number of carbonyl (C=O) groups is 1. The summed E-state index contributed by atoms with van der Waals surface area (Å²) < 4.78 is 4.98. The van der Waals surface area contributed by atoms with E-state index in [1.165, 1.54) is 10.9 Å². The van der Waals surface area contributed by atoms with Crippen molar-refractivity contribution in [3.8, 4) is 0 Å². The predicted octanol–water partition coefficient (Wildman–Crippen LogP) is 1.31. The van der Waals surface area contributed by atoms with Crippen molar-refractivity contribution in [2.45, 2.75) is 12.5 Å². The molecule has 1 aromatic heterocycles. The zero-order valence-corrected chi connectivity index (χ0v) is 11.7. The molecule has 0 saturated carbocycles. The van der Waals surface area contributed by atoms with Crippen LogP contribution in [0.5, 0.6) is 0 Å². The minimum atomic E-state index is -0.137. The number of aromatic nitrogens is 1. The van der Waals surface area contributed by atoms with E-state index in [1.807, 2.05) is 30.5 Å². The monoisotopic (exact) mass is 285 g/mol. The van der Waals surface area contributed by atoms with Gasteiger partial charge in [0.1, 0.15) is 0 Å². The predicted molar refractivity (Wildman–Crippen MR) is 81.6 cm³/mol. The highest BCUT2D eigenvalue weighted by atomic mass is 16.5. The summed E-state index contributed by atoms with van der Waals surface area (Å²) in [6, 6.07) is 8.00. The van der Waals surface area contributed by atoms with E-state index >= 15 is 0 Å². The van der Waals surface area contributed by atoms with Crippen molar-refractivity contribution in [1.29, 1.82) is 0 Å². The van der Waals surface area contributed by atoms with Crippen molar-refractivity contribution in [3.05, 3.63) is 48.3 Å². The Labute approximate surface area is 123 Å². The maximum atomic E-state index is 11.6. The van der Waals surface area contributed by atoms with E-state index in [4.69, 9.17) is 10.5 Å². The topological polar surface area (TPSA) is 80.1 Å². The first-order valence-electron chi connectivity index (χ1n) is 7.09. The van der Waals surface area contributed by atoms with Gasteiger partial charge < -0.3 is 20.8 Å². The molecule has 5 heteroatoms. The highest BCUT2D eigenvalue weighted by Gasteiger charge is 2.25. The summed E-state index contributed by atoms with van der Waals surface area (Å²) >= 11 is 0. The van der Waals surface area contributed by atoms with Gasteiger partial charge in [0.25, 0.3) is 0 Å². The van der Waals surface area contributed by atoms with Gasteiger partial charge in [-0.2, -0.15) is 0 Å². The second kappa shape index (κ2) is 6.11. The molecule has 2 aromatic rings. The Hall–Kier alpha value is -2.11. The van der Waals surface area contributed by atoms with Crippen molar-refractivity contribution in [3.63, 3.8) is 0 Å². The normalized spacial score (nSPS) is 17.0. The molecular formula is C16H19N3O2. The highest BCUT2D eigenvalue weighted by molar-refractivity contribution is 5.83. The first kappa shape index (κ1) is 13.9. The molecule has 1 aliphatic rings. The second-order valence-electron chi connectivity index (χ2n) is 5.33. The van der Waals surface area contributed by atoms with E-state index in [0.29, 0.717) is 13.2 Å². The van der Waals surface area contributed by atoms with E-state index in [1.54, 1.807) is 6.20 Å². The number of hydrogen-bond acceptors (Lipinski definition) is 3. The number of amides is 1. The molecule has 0 aliphatic carbocycles. The molecule has 1 aromatic carbocycles. The number of hydrogen-bond donors (Lipinski definition) is 3.